The van der Waals surface area contributed by atoms with Gasteiger partial charge in [0.1, 0.15) is 0 Å². The zero-order chi connectivity index (χ0) is 18.1. The van der Waals surface area contributed by atoms with Crippen LogP contribution in [0.25, 0.3) is 0 Å². The number of aliphatic hydroxyl groups is 2. The number of quaternary nitrogens is 1. The molecule has 0 spiro atoms. The van der Waals surface area contributed by atoms with Crippen molar-refractivity contribution in [2.24, 2.45) is 0 Å². The molecule has 0 saturated heterocycles. The minimum Gasteiger partial charge on any atom is -1.00 e. The smallest absolute Gasteiger partial charge is 0.309 e. The van der Waals surface area contributed by atoms with E-state index in [9.17, 15) is 10.2 Å². The van der Waals surface area contributed by atoms with E-state index in [2.05, 4.69) is 6.92 Å². The highest BCUT2D eigenvalue weighted by Gasteiger charge is 2.25. The molecule has 0 aromatic carbocycles. The Morgan fingerprint density at radius 1 is 0.600 bits per heavy atom. The van der Waals surface area contributed by atoms with E-state index in [1.165, 1.54) is 103 Å². The number of nitrogens with one attached hydrogen (secondary N) is 1. The maximum atomic E-state index is 9.43. The average molecular weight is 425 g/mol. The third kappa shape index (κ3) is 20.5. The Labute approximate surface area is 168 Å². The van der Waals surface area contributed by atoms with Gasteiger partial charge in [0.05, 0.1) is 13.6 Å². The summed E-state index contributed by atoms with van der Waals surface area (Å²) >= 11 is 0. The molecule has 1 unspecified atom stereocenters. The van der Waals surface area contributed by atoms with Crippen molar-refractivity contribution in [3.05, 3.63) is 0 Å². The summed E-state index contributed by atoms with van der Waals surface area (Å²) in [4.78, 5) is 0.785. The van der Waals surface area contributed by atoms with Crippen LogP contribution in [0.1, 0.15) is 117 Å². The number of unbranched alkanes of at least 4 members (excludes halogenated alkanes) is 15. The highest BCUT2D eigenvalue weighted by atomic mass is 79.9. The zero-order valence-electron chi connectivity index (χ0n) is 17.3. The van der Waals surface area contributed by atoms with Crippen LogP contribution in [-0.2, 0) is 0 Å². The maximum absolute atomic E-state index is 9.43. The lowest BCUT2D eigenvalue weighted by atomic mass is 10.0. The van der Waals surface area contributed by atoms with Gasteiger partial charge in [-0.3, -0.25) is 4.90 Å². The van der Waals surface area contributed by atoms with Crippen molar-refractivity contribution in [3.63, 3.8) is 0 Å². The van der Waals surface area contributed by atoms with E-state index in [0.717, 1.165) is 17.9 Å². The standard InChI is InChI=1S/C21H45NO2.BrH/c1-4-5-6-7-8-9-10-11-12-13-14-15-16-17-18-19-20-22(3)21(2,23)24;/h23-24H,4-20H2,1-3H3;1H. The van der Waals surface area contributed by atoms with Crippen LogP contribution in [0.5, 0.6) is 0 Å². The predicted molar refractivity (Wildman–Crippen MR) is 104 cm³/mol. The van der Waals surface area contributed by atoms with Gasteiger partial charge in [-0.05, 0) is 12.8 Å². The van der Waals surface area contributed by atoms with Gasteiger partial charge in [0.2, 0.25) is 0 Å². The van der Waals surface area contributed by atoms with Gasteiger partial charge in [0.15, 0.2) is 0 Å². The Morgan fingerprint density at radius 3 is 1.16 bits per heavy atom. The van der Waals surface area contributed by atoms with E-state index in [1.807, 2.05) is 7.05 Å². The molecule has 0 heterocycles. The Morgan fingerprint density at radius 2 is 0.880 bits per heavy atom. The topological polar surface area (TPSA) is 44.9 Å². The first-order valence-corrected chi connectivity index (χ1v) is 10.8. The molecule has 0 rings (SSSR count). The molecule has 0 aliphatic heterocycles. The van der Waals surface area contributed by atoms with Crippen molar-refractivity contribution in [1.82, 2.24) is 0 Å². The second-order valence-electron chi connectivity index (χ2n) is 7.85. The van der Waals surface area contributed by atoms with Crippen molar-refractivity contribution < 1.29 is 32.1 Å². The molecule has 0 bridgehead atoms. The molecule has 3 N–H and O–H groups in total. The monoisotopic (exact) mass is 423 g/mol. The fraction of sp³-hybridized carbons (Fsp3) is 1.00. The van der Waals surface area contributed by atoms with E-state index in [4.69, 9.17) is 0 Å². The number of hydrogen-bond donors (Lipinski definition) is 3. The lowest BCUT2D eigenvalue weighted by Gasteiger charge is -2.24. The van der Waals surface area contributed by atoms with Crippen LogP contribution in [0.2, 0.25) is 0 Å². The zero-order valence-corrected chi connectivity index (χ0v) is 18.9. The molecule has 154 valence electrons. The van der Waals surface area contributed by atoms with Crippen molar-refractivity contribution >= 4 is 0 Å². The first-order chi connectivity index (χ1) is 11.5. The van der Waals surface area contributed by atoms with Gasteiger partial charge in [-0.2, -0.15) is 0 Å². The van der Waals surface area contributed by atoms with Crippen LogP contribution in [0.4, 0.5) is 0 Å². The number of halogens is 1. The van der Waals surface area contributed by atoms with Crippen LogP contribution >= 0.6 is 0 Å². The molecule has 0 radical (unpaired) electrons. The van der Waals surface area contributed by atoms with Gasteiger partial charge in [-0.25, -0.2) is 0 Å². The minimum atomic E-state index is -1.59. The average Bonchev–Trinajstić information content (AvgIpc) is 2.53. The molecule has 4 heteroatoms. The summed E-state index contributed by atoms with van der Waals surface area (Å²) in [5.74, 6) is -1.59. The van der Waals surface area contributed by atoms with E-state index in [1.54, 1.807) is 0 Å². The summed E-state index contributed by atoms with van der Waals surface area (Å²) < 4.78 is 0. The van der Waals surface area contributed by atoms with Crippen LogP contribution in [0, 0.1) is 0 Å². The largest absolute Gasteiger partial charge is 1.00 e. The Hall–Kier alpha value is 0.360. The molecule has 0 aliphatic carbocycles. The van der Waals surface area contributed by atoms with E-state index < -0.39 is 5.91 Å². The Bertz CT molecular complexity index is 257. The Kier molecular flexibility index (Phi) is 21.1. The summed E-state index contributed by atoms with van der Waals surface area (Å²) in [7, 11) is 1.84. The van der Waals surface area contributed by atoms with Gasteiger partial charge in [0, 0.05) is 6.92 Å². The van der Waals surface area contributed by atoms with Crippen molar-refractivity contribution in [3.8, 4) is 0 Å². The van der Waals surface area contributed by atoms with E-state index in [-0.39, 0.29) is 17.0 Å². The van der Waals surface area contributed by atoms with Gasteiger partial charge in [0.25, 0.3) is 0 Å². The van der Waals surface area contributed by atoms with Gasteiger partial charge < -0.3 is 27.2 Å². The fourth-order valence-corrected chi connectivity index (χ4v) is 3.18. The van der Waals surface area contributed by atoms with Crippen molar-refractivity contribution in [1.29, 1.82) is 0 Å². The number of hydrogen-bond acceptors (Lipinski definition) is 2. The first kappa shape index (κ1) is 27.6. The molecule has 0 amide bonds. The van der Waals surface area contributed by atoms with Gasteiger partial charge in [-0.1, -0.05) is 96.8 Å². The normalized spacial score (nSPS) is 12.8. The molecule has 0 aromatic rings. The predicted octanol–water partition coefficient (Wildman–Crippen LogP) is 1.42. The lowest BCUT2D eigenvalue weighted by Crippen LogP contribution is -3.17. The second kappa shape index (κ2) is 19.1. The number of rotatable bonds is 18. The molecule has 3 nitrogen and oxygen atoms in total. The second-order valence-corrected chi connectivity index (χ2v) is 7.85. The molecule has 0 fully saturated rings. The summed E-state index contributed by atoms with van der Waals surface area (Å²) in [6, 6.07) is 0. The van der Waals surface area contributed by atoms with Crippen molar-refractivity contribution in [2.45, 2.75) is 122 Å². The fourth-order valence-electron chi connectivity index (χ4n) is 3.18. The summed E-state index contributed by atoms with van der Waals surface area (Å²) in [5, 5.41) is 18.9. The third-order valence-electron chi connectivity index (χ3n) is 5.21. The maximum Gasteiger partial charge on any atom is 0.309 e. The summed E-state index contributed by atoms with van der Waals surface area (Å²) in [6.45, 7) is 4.57. The molecule has 0 saturated carbocycles. The van der Waals surface area contributed by atoms with E-state index in [0.29, 0.717) is 0 Å². The third-order valence-corrected chi connectivity index (χ3v) is 5.21. The van der Waals surface area contributed by atoms with Crippen LogP contribution in [-0.4, -0.2) is 29.7 Å². The summed E-state index contributed by atoms with van der Waals surface area (Å²) in [6.07, 6.45) is 22.0. The first-order valence-electron chi connectivity index (χ1n) is 10.8. The van der Waals surface area contributed by atoms with Crippen LogP contribution < -0.4 is 21.9 Å². The minimum absolute atomic E-state index is 0. The van der Waals surface area contributed by atoms with Gasteiger partial charge >= 0.3 is 5.91 Å². The Balaban J connectivity index is 0. The van der Waals surface area contributed by atoms with Gasteiger partial charge in [-0.15, -0.1) is 0 Å². The molecule has 0 aliphatic rings. The quantitative estimate of drug-likeness (QED) is 0.230. The van der Waals surface area contributed by atoms with Crippen LogP contribution in [0.15, 0.2) is 0 Å². The molecular weight excluding hydrogens is 378 g/mol. The molecular formula is C21H46BrNO2. The summed E-state index contributed by atoms with van der Waals surface area (Å²) in [5.41, 5.74) is 0. The SMILES string of the molecule is CCCCCCCCCCCCCCCCCC[NH+](C)C(C)(O)O.[Br-]. The molecule has 1 atom stereocenters. The molecule has 25 heavy (non-hydrogen) atoms. The highest BCUT2D eigenvalue weighted by molar-refractivity contribution is 4.50. The highest BCUT2D eigenvalue weighted by Crippen LogP contribution is 2.13. The van der Waals surface area contributed by atoms with Crippen molar-refractivity contribution in [2.75, 3.05) is 13.6 Å². The molecule has 0 aromatic heterocycles. The lowest BCUT2D eigenvalue weighted by molar-refractivity contribution is -0.987. The van der Waals surface area contributed by atoms with E-state index >= 15 is 0 Å². The van der Waals surface area contributed by atoms with Crippen LogP contribution in [0.3, 0.4) is 0 Å².